The van der Waals surface area contributed by atoms with Gasteiger partial charge in [-0.1, -0.05) is 6.07 Å². The van der Waals surface area contributed by atoms with Crippen LogP contribution in [0.3, 0.4) is 0 Å². The lowest BCUT2D eigenvalue weighted by Crippen LogP contribution is -2.40. The van der Waals surface area contributed by atoms with E-state index in [2.05, 4.69) is 25.1 Å². The summed E-state index contributed by atoms with van der Waals surface area (Å²) in [7, 11) is 3.18. The van der Waals surface area contributed by atoms with Crippen molar-refractivity contribution in [2.45, 2.75) is 25.5 Å². The van der Waals surface area contributed by atoms with Crippen LogP contribution in [-0.2, 0) is 11.3 Å². The Labute approximate surface area is 197 Å². The van der Waals surface area contributed by atoms with Crippen molar-refractivity contribution in [3.8, 4) is 16.9 Å². The Bertz CT molecular complexity index is 1190. The summed E-state index contributed by atoms with van der Waals surface area (Å²) in [5.41, 5.74) is 3.40. The van der Waals surface area contributed by atoms with Crippen LogP contribution in [0.25, 0.3) is 11.1 Å². The zero-order valence-electron chi connectivity index (χ0n) is 19.3. The Balaban J connectivity index is 1.71. The lowest BCUT2D eigenvalue weighted by atomic mass is 10.0. The second-order valence-corrected chi connectivity index (χ2v) is 8.43. The van der Waals surface area contributed by atoms with Crippen LogP contribution in [-0.4, -0.2) is 55.4 Å². The summed E-state index contributed by atoms with van der Waals surface area (Å²) in [6.07, 6.45) is 5.51. The number of aromatic nitrogens is 2. The van der Waals surface area contributed by atoms with Crippen LogP contribution in [0.4, 0.5) is 21.6 Å². The molecule has 34 heavy (non-hydrogen) atoms. The van der Waals surface area contributed by atoms with Gasteiger partial charge in [-0.3, -0.25) is 9.78 Å². The molecule has 0 unspecified atom stereocenters. The predicted molar refractivity (Wildman–Crippen MR) is 128 cm³/mol. The molecule has 0 atom stereocenters. The number of carbonyl (C=O) groups excluding carboxylic acids is 1. The largest absolute Gasteiger partial charge is 0.492 e. The number of benzene rings is 1. The monoisotopic (exact) mass is 465 g/mol. The van der Waals surface area contributed by atoms with E-state index in [0.717, 1.165) is 42.9 Å². The molecule has 4 heterocycles. The molecule has 5 rings (SSSR count). The van der Waals surface area contributed by atoms with Crippen molar-refractivity contribution < 1.29 is 18.7 Å². The average Bonchev–Trinajstić information content (AvgIpc) is 3.20. The second kappa shape index (κ2) is 9.34. The molecule has 0 aliphatic carbocycles. The summed E-state index contributed by atoms with van der Waals surface area (Å²) in [6, 6.07) is 8.57. The van der Waals surface area contributed by atoms with E-state index in [0.29, 0.717) is 30.2 Å². The lowest BCUT2D eigenvalue weighted by Gasteiger charge is -2.35. The second-order valence-electron chi connectivity index (χ2n) is 8.43. The maximum absolute atomic E-state index is 14.5. The zero-order chi connectivity index (χ0) is 23.7. The molecule has 8 nitrogen and oxygen atoms in total. The molecule has 0 radical (unpaired) electrons. The Morgan fingerprint density at radius 1 is 1.12 bits per heavy atom. The van der Waals surface area contributed by atoms with Gasteiger partial charge in [-0.25, -0.2) is 4.39 Å². The van der Waals surface area contributed by atoms with E-state index in [4.69, 9.17) is 9.47 Å². The number of hydrogen-bond acceptors (Lipinski definition) is 6. The molecule has 2 aliphatic heterocycles. The molecular formula is C25H28FN5O3. The summed E-state index contributed by atoms with van der Waals surface area (Å²) in [5, 5.41) is 6.31. The number of pyridine rings is 1. The van der Waals surface area contributed by atoms with Gasteiger partial charge < -0.3 is 29.6 Å². The Morgan fingerprint density at radius 2 is 1.88 bits per heavy atom. The molecule has 9 heteroatoms. The molecule has 0 bridgehead atoms. The number of piperidine rings is 1. The lowest BCUT2D eigenvalue weighted by molar-refractivity contribution is 0.0815. The molecule has 1 fully saturated rings. The standard InChI is InChI=1S/C25H28FN5O3/c1-33-17-8-13-30(14-9-17)25-20(16-6-10-27-11-7-16)21(22-24(32)28-12-15-31(22)25)29-19-5-3-4-18(26)23(19)34-2/h3-7,10-11,17,29H,8-9,12-15H2,1-2H3,(H,28,32). The topological polar surface area (TPSA) is 80.7 Å². The fraction of sp³-hybridized carbons (Fsp3) is 0.360. The number of halogens is 1. The number of rotatable bonds is 6. The Kier molecular flexibility index (Phi) is 6.10. The summed E-state index contributed by atoms with van der Waals surface area (Å²) in [6.45, 7) is 2.80. The van der Waals surface area contributed by atoms with Crippen LogP contribution >= 0.6 is 0 Å². The van der Waals surface area contributed by atoms with Gasteiger partial charge in [0.05, 0.1) is 24.6 Å². The van der Waals surface area contributed by atoms with Gasteiger partial charge in [-0.15, -0.1) is 0 Å². The van der Waals surface area contributed by atoms with Gasteiger partial charge in [-0.2, -0.15) is 0 Å². The number of anilines is 3. The van der Waals surface area contributed by atoms with E-state index in [9.17, 15) is 9.18 Å². The minimum absolute atomic E-state index is 0.0989. The number of nitrogens with one attached hydrogen (secondary N) is 2. The first kappa shape index (κ1) is 22.2. The first-order valence-corrected chi connectivity index (χ1v) is 11.4. The number of fused-ring (bicyclic) bond motifs is 1. The highest BCUT2D eigenvalue weighted by atomic mass is 19.1. The number of nitrogens with zero attached hydrogens (tertiary/aromatic N) is 3. The van der Waals surface area contributed by atoms with Gasteiger partial charge >= 0.3 is 0 Å². The van der Waals surface area contributed by atoms with Crippen molar-refractivity contribution in [2.75, 3.05) is 44.1 Å². The SMILES string of the molecule is COc1c(F)cccc1Nc1c(-c2ccncc2)c(N2CCC(OC)CC2)n2c1C(=O)NCC2. The summed E-state index contributed by atoms with van der Waals surface area (Å²) in [5.74, 6) is 0.431. The Hall–Kier alpha value is -3.59. The summed E-state index contributed by atoms with van der Waals surface area (Å²) in [4.78, 5) is 19.7. The van der Waals surface area contributed by atoms with E-state index >= 15 is 0 Å². The third-order valence-corrected chi connectivity index (χ3v) is 6.55. The molecule has 1 saturated heterocycles. The number of methoxy groups -OCH3 is 2. The van der Waals surface area contributed by atoms with Crippen LogP contribution in [0, 0.1) is 5.82 Å². The molecule has 2 aliphatic rings. The molecule has 0 saturated carbocycles. The highest BCUT2D eigenvalue weighted by Crippen LogP contribution is 2.46. The van der Waals surface area contributed by atoms with E-state index in [1.807, 2.05) is 12.1 Å². The smallest absolute Gasteiger partial charge is 0.270 e. The highest BCUT2D eigenvalue weighted by Gasteiger charge is 2.34. The van der Waals surface area contributed by atoms with E-state index in [1.54, 1.807) is 31.6 Å². The van der Waals surface area contributed by atoms with Gasteiger partial charge in [0.2, 0.25) is 0 Å². The highest BCUT2D eigenvalue weighted by molar-refractivity contribution is 6.07. The molecule has 1 aromatic carbocycles. The van der Waals surface area contributed by atoms with E-state index in [1.165, 1.54) is 13.2 Å². The maximum atomic E-state index is 14.5. The number of ether oxygens (including phenoxy) is 2. The van der Waals surface area contributed by atoms with Crippen LogP contribution in [0.15, 0.2) is 42.7 Å². The molecule has 178 valence electrons. The number of hydrogen-bond donors (Lipinski definition) is 2. The van der Waals surface area contributed by atoms with Crippen LogP contribution in [0.1, 0.15) is 23.3 Å². The molecule has 1 amide bonds. The van der Waals surface area contributed by atoms with E-state index in [-0.39, 0.29) is 17.8 Å². The minimum Gasteiger partial charge on any atom is -0.492 e. The maximum Gasteiger partial charge on any atom is 0.270 e. The summed E-state index contributed by atoms with van der Waals surface area (Å²) >= 11 is 0. The minimum atomic E-state index is -0.475. The third kappa shape index (κ3) is 3.86. The van der Waals surface area contributed by atoms with Gasteiger partial charge in [-0.05, 0) is 42.7 Å². The molecular weight excluding hydrogens is 437 g/mol. The number of carbonyl (C=O) groups is 1. The Morgan fingerprint density at radius 3 is 2.59 bits per heavy atom. The molecule has 3 aromatic rings. The van der Waals surface area contributed by atoms with Gasteiger partial charge in [0.15, 0.2) is 11.6 Å². The van der Waals surface area contributed by atoms with Crippen LogP contribution in [0.2, 0.25) is 0 Å². The normalized spacial score (nSPS) is 16.2. The van der Waals surface area contributed by atoms with Crippen molar-refractivity contribution in [1.82, 2.24) is 14.9 Å². The van der Waals surface area contributed by atoms with Gasteiger partial charge in [0, 0.05) is 51.2 Å². The number of para-hydroxylation sites is 1. The molecule has 2 aromatic heterocycles. The van der Waals surface area contributed by atoms with Crippen LogP contribution < -0.4 is 20.3 Å². The van der Waals surface area contributed by atoms with Crippen molar-refractivity contribution in [1.29, 1.82) is 0 Å². The molecule has 0 spiro atoms. The fourth-order valence-corrected chi connectivity index (χ4v) is 4.92. The first-order valence-electron chi connectivity index (χ1n) is 11.4. The van der Waals surface area contributed by atoms with Crippen molar-refractivity contribution in [3.63, 3.8) is 0 Å². The van der Waals surface area contributed by atoms with Gasteiger partial charge in [0.25, 0.3) is 5.91 Å². The predicted octanol–water partition coefficient (Wildman–Crippen LogP) is 3.80. The van der Waals surface area contributed by atoms with E-state index < -0.39 is 5.82 Å². The molecule has 2 N–H and O–H groups in total. The van der Waals surface area contributed by atoms with Crippen molar-refractivity contribution in [3.05, 3.63) is 54.2 Å². The number of amides is 1. The zero-order valence-corrected chi connectivity index (χ0v) is 19.3. The quantitative estimate of drug-likeness (QED) is 0.577. The summed E-state index contributed by atoms with van der Waals surface area (Å²) < 4.78 is 27.5. The van der Waals surface area contributed by atoms with Gasteiger partial charge in [0.1, 0.15) is 11.5 Å². The van der Waals surface area contributed by atoms with Crippen molar-refractivity contribution >= 4 is 23.1 Å². The third-order valence-electron chi connectivity index (χ3n) is 6.55. The van der Waals surface area contributed by atoms with Crippen LogP contribution in [0.5, 0.6) is 5.75 Å². The first-order chi connectivity index (χ1) is 16.6. The fourth-order valence-electron chi connectivity index (χ4n) is 4.92. The van der Waals surface area contributed by atoms with Crippen molar-refractivity contribution in [2.24, 2.45) is 0 Å². The average molecular weight is 466 g/mol.